The molecule has 0 saturated heterocycles. The van der Waals surface area contributed by atoms with Crippen molar-refractivity contribution in [3.05, 3.63) is 43.0 Å². The summed E-state index contributed by atoms with van der Waals surface area (Å²) in [7, 11) is 1.87. The van der Waals surface area contributed by atoms with Gasteiger partial charge in [0.25, 0.3) is 0 Å². The molecule has 0 unspecified atom stereocenters. The monoisotopic (exact) mass is 251 g/mol. The van der Waals surface area contributed by atoms with Crippen LogP contribution in [0.5, 0.6) is 0 Å². The zero-order valence-electron chi connectivity index (χ0n) is 7.79. The van der Waals surface area contributed by atoms with Gasteiger partial charge in [0.2, 0.25) is 0 Å². The number of rotatable bonds is 3. The molecule has 0 atom stereocenters. The van der Waals surface area contributed by atoms with E-state index in [0.29, 0.717) is 0 Å². The van der Waals surface area contributed by atoms with Crippen LogP contribution in [0.3, 0.4) is 0 Å². The van der Waals surface area contributed by atoms with Crippen LogP contribution in [0, 0.1) is 0 Å². The summed E-state index contributed by atoms with van der Waals surface area (Å²) >= 11 is -1.81. The van der Waals surface area contributed by atoms with E-state index in [0.717, 1.165) is 12.8 Å². The second-order valence-electron chi connectivity index (χ2n) is 3.18. The van der Waals surface area contributed by atoms with Gasteiger partial charge < -0.3 is 0 Å². The van der Waals surface area contributed by atoms with Crippen LogP contribution in [-0.2, 0) is 25.0 Å². The van der Waals surface area contributed by atoms with Crippen LogP contribution in [0.2, 0.25) is 0 Å². The Hall–Kier alpha value is -0.197. The first-order valence-electron chi connectivity index (χ1n) is 4.55. The summed E-state index contributed by atoms with van der Waals surface area (Å²) in [6.07, 6.45) is 15.5. The Labute approximate surface area is 87.8 Å². The molecule has 0 aromatic carbocycles. The van der Waals surface area contributed by atoms with Gasteiger partial charge in [-0.3, -0.25) is 0 Å². The fraction of sp³-hybridized carbons (Fsp3) is 0.273. The van der Waals surface area contributed by atoms with Gasteiger partial charge >= 0.3 is 88.0 Å². The van der Waals surface area contributed by atoms with Crippen molar-refractivity contribution >= 4 is 0 Å². The summed E-state index contributed by atoms with van der Waals surface area (Å²) in [6, 6.07) is 0. The summed E-state index contributed by atoms with van der Waals surface area (Å²) in [5.74, 6) is 0. The first-order valence-corrected chi connectivity index (χ1v) is 8.01. The van der Waals surface area contributed by atoms with Gasteiger partial charge in [-0.15, -0.1) is 0 Å². The van der Waals surface area contributed by atoms with Crippen molar-refractivity contribution in [1.82, 2.24) is 0 Å². The molecular formula is C11H13OZr. The molecule has 0 aromatic rings. The SMILES string of the molecule is C[O][Zr]([C]1=CC=CC1)[C]1=CC=CC1. The molecule has 1 nitrogen and oxygen atoms in total. The predicted molar refractivity (Wildman–Crippen MR) is 50.7 cm³/mol. The third-order valence-corrected chi connectivity index (χ3v) is 8.02. The molecule has 0 N–H and O–H groups in total. The molecule has 67 valence electrons. The molecule has 0 amide bonds. The van der Waals surface area contributed by atoms with Gasteiger partial charge in [-0.2, -0.15) is 0 Å². The summed E-state index contributed by atoms with van der Waals surface area (Å²) in [4.78, 5) is 0. The molecule has 2 heteroatoms. The molecule has 0 spiro atoms. The van der Waals surface area contributed by atoms with E-state index in [2.05, 4.69) is 36.5 Å². The van der Waals surface area contributed by atoms with Crippen molar-refractivity contribution in [1.29, 1.82) is 0 Å². The third-order valence-electron chi connectivity index (χ3n) is 2.33. The first-order chi connectivity index (χ1) is 6.42. The number of hydrogen-bond acceptors (Lipinski definition) is 1. The van der Waals surface area contributed by atoms with Crippen LogP contribution >= 0.6 is 0 Å². The Morgan fingerprint density at radius 3 is 1.92 bits per heavy atom. The van der Waals surface area contributed by atoms with Gasteiger partial charge in [-0.25, -0.2) is 0 Å². The van der Waals surface area contributed by atoms with Crippen LogP contribution < -0.4 is 0 Å². The van der Waals surface area contributed by atoms with Crippen molar-refractivity contribution in [2.24, 2.45) is 0 Å². The Bertz CT molecular complexity index is 280. The van der Waals surface area contributed by atoms with Gasteiger partial charge in [0.1, 0.15) is 0 Å². The van der Waals surface area contributed by atoms with Crippen molar-refractivity contribution in [2.75, 3.05) is 7.11 Å². The zero-order chi connectivity index (χ0) is 9.10. The number of hydrogen-bond donors (Lipinski definition) is 0. The topological polar surface area (TPSA) is 9.23 Å². The quantitative estimate of drug-likeness (QED) is 0.750. The molecule has 2 aliphatic rings. The van der Waals surface area contributed by atoms with E-state index in [1.165, 1.54) is 0 Å². The summed E-state index contributed by atoms with van der Waals surface area (Å²) in [5, 5.41) is 0. The minimum absolute atomic E-state index is 1.12. The fourth-order valence-electron chi connectivity index (χ4n) is 1.70. The molecule has 2 rings (SSSR count). The molecule has 13 heavy (non-hydrogen) atoms. The van der Waals surface area contributed by atoms with Crippen molar-refractivity contribution in [3.8, 4) is 0 Å². The van der Waals surface area contributed by atoms with E-state index in [9.17, 15) is 0 Å². The predicted octanol–water partition coefficient (Wildman–Crippen LogP) is 2.85. The van der Waals surface area contributed by atoms with E-state index in [4.69, 9.17) is 2.81 Å². The Balaban J connectivity index is 2.09. The molecule has 0 fully saturated rings. The number of allylic oxidation sites excluding steroid dienone is 8. The molecular weight excluding hydrogens is 239 g/mol. The van der Waals surface area contributed by atoms with Crippen LogP contribution in [-0.4, -0.2) is 7.11 Å². The van der Waals surface area contributed by atoms with Crippen LogP contribution in [0.15, 0.2) is 43.0 Å². The molecule has 0 radical (unpaired) electrons. The average Bonchev–Trinajstić information content (AvgIpc) is 2.76. The average molecular weight is 252 g/mol. The second kappa shape index (κ2) is 4.35. The molecule has 0 saturated carbocycles. The Morgan fingerprint density at radius 1 is 1.08 bits per heavy atom. The van der Waals surface area contributed by atoms with Crippen molar-refractivity contribution in [2.45, 2.75) is 12.8 Å². The Morgan fingerprint density at radius 2 is 1.62 bits per heavy atom. The zero-order valence-corrected chi connectivity index (χ0v) is 10.2. The molecule has 0 aliphatic heterocycles. The summed E-state index contributed by atoms with van der Waals surface area (Å²) < 4.78 is 8.84. The van der Waals surface area contributed by atoms with E-state index < -0.39 is 22.2 Å². The molecule has 2 aliphatic carbocycles. The normalized spacial score (nSPS) is 19.2. The van der Waals surface area contributed by atoms with Crippen molar-refractivity contribution in [3.63, 3.8) is 0 Å². The van der Waals surface area contributed by atoms with Gasteiger partial charge in [0.05, 0.1) is 0 Å². The van der Waals surface area contributed by atoms with E-state index in [1.54, 1.807) is 6.56 Å². The van der Waals surface area contributed by atoms with Crippen LogP contribution in [0.4, 0.5) is 0 Å². The van der Waals surface area contributed by atoms with Gasteiger partial charge in [-0.05, 0) is 0 Å². The van der Waals surface area contributed by atoms with Crippen LogP contribution in [0.25, 0.3) is 0 Å². The second-order valence-corrected chi connectivity index (χ2v) is 8.96. The first kappa shape index (κ1) is 9.36. The summed E-state index contributed by atoms with van der Waals surface area (Å²) in [6.45, 7) is 0. The van der Waals surface area contributed by atoms with Crippen LogP contribution in [0.1, 0.15) is 12.8 Å². The maximum absolute atomic E-state index is 5.70. The molecule has 0 heterocycles. The standard InChI is InChI=1S/2C5H5.CH3O.Zr/c2*1-2-4-5-3-1;1-2;/h2*1-3H,4H2;1H3;/q;;-1;+1. The molecule has 0 aromatic heterocycles. The van der Waals surface area contributed by atoms with E-state index in [-0.39, 0.29) is 0 Å². The van der Waals surface area contributed by atoms with E-state index >= 15 is 0 Å². The van der Waals surface area contributed by atoms with Gasteiger partial charge in [0.15, 0.2) is 0 Å². The summed E-state index contributed by atoms with van der Waals surface area (Å²) in [5.41, 5.74) is 0. The van der Waals surface area contributed by atoms with Gasteiger partial charge in [-0.1, -0.05) is 0 Å². The maximum atomic E-state index is 5.70. The fourth-order valence-corrected chi connectivity index (χ4v) is 6.71. The van der Waals surface area contributed by atoms with E-state index in [1.807, 2.05) is 7.11 Å². The minimum atomic E-state index is -1.81. The van der Waals surface area contributed by atoms with Crippen molar-refractivity contribution < 1.29 is 25.0 Å². The van der Waals surface area contributed by atoms with Gasteiger partial charge in [0, 0.05) is 0 Å². The molecule has 0 bridgehead atoms. The Kier molecular flexibility index (Phi) is 3.13. The third kappa shape index (κ3) is 2.00.